The number of nitrogens with one attached hydrogen (secondary N) is 1. The van der Waals surface area contributed by atoms with Crippen LogP contribution in [0.1, 0.15) is 71.6 Å². The van der Waals surface area contributed by atoms with E-state index in [-0.39, 0.29) is 5.60 Å². The fourth-order valence-corrected chi connectivity index (χ4v) is 3.23. The molecule has 110 valence electrons. The highest BCUT2D eigenvalue weighted by Gasteiger charge is 2.38. The second-order valence-corrected chi connectivity index (χ2v) is 5.66. The zero-order valence-corrected chi connectivity index (χ0v) is 13.1. The molecule has 1 fully saturated rings. The summed E-state index contributed by atoms with van der Waals surface area (Å²) in [5.41, 5.74) is 0.0427. The first kappa shape index (κ1) is 16.5. The van der Waals surface area contributed by atoms with E-state index in [0.29, 0.717) is 6.04 Å². The molecule has 1 unspecified atom stereocenters. The molecule has 1 atom stereocenters. The van der Waals surface area contributed by atoms with E-state index >= 15 is 0 Å². The minimum absolute atomic E-state index is 0.0427. The molecule has 1 saturated carbocycles. The molecule has 0 radical (unpaired) electrons. The first-order valence-electron chi connectivity index (χ1n) is 7.97. The van der Waals surface area contributed by atoms with E-state index in [4.69, 9.17) is 4.74 Å². The van der Waals surface area contributed by atoms with E-state index in [1.807, 2.05) is 14.0 Å². The van der Waals surface area contributed by atoms with Gasteiger partial charge in [0.15, 0.2) is 0 Å². The predicted octanol–water partition coefficient (Wildman–Crippen LogP) is 3.90. The van der Waals surface area contributed by atoms with Gasteiger partial charge >= 0.3 is 0 Å². The molecule has 0 bridgehead atoms. The minimum Gasteiger partial charge on any atom is -0.377 e. The molecule has 1 N–H and O–H groups in total. The third-order valence-electron chi connectivity index (χ3n) is 4.37. The number of methoxy groups -OCH3 is 1. The molecule has 0 saturated heterocycles. The van der Waals surface area contributed by atoms with E-state index in [0.717, 1.165) is 19.4 Å². The lowest BCUT2D eigenvalue weighted by atomic mass is 9.83. The number of rotatable bonds is 7. The lowest BCUT2D eigenvalue weighted by Crippen LogP contribution is -2.52. The Morgan fingerprint density at radius 3 is 2.42 bits per heavy atom. The number of ether oxygens (including phenoxy) is 1. The average Bonchev–Trinajstić information content (AvgIpc) is 2.69. The Balaban J connectivity index is 2.72. The van der Waals surface area contributed by atoms with Crippen LogP contribution < -0.4 is 5.32 Å². The molecule has 0 aromatic heterocycles. The van der Waals surface area contributed by atoms with Crippen LogP contribution in [-0.4, -0.2) is 25.3 Å². The van der Waals surface area contributed by atoms with Gasteiger partial charge in [0, 0.05) is 19.6 Å². The fourth-order valence-electron chi connectivity index (χ4n) is 3.23. The topological polar surface area (TPSA) is 21.3 Å². The zero-order valence-electron chi connectivity index (χ0n) is 13.1. The van der Waals surface area contributed by atoms with Crippen molar-refractivity contribution >= 4 is 0 Å². The predicted molar refractivity (Wildman–Crippen MR) is 82.2 cm³/mol. The number of hydrogen-bond donors (Lipinski definition) is 1. The average molecular weight is 265 g/mol. The van der Waals surface area contributed by atoms with Gasteiger partial charge in [-0.05, 0) is 39.2 Å². The van der Waals surface area contributed by atoms with Crippen LogP contribution in [0.2, 0.25) is 0 Å². The maximum absolute atomic E-state index is 6.04. The van der Waals surface area contributed by atoms with Crippen LogP contribution in [0.4, 0.5) is 0 Å². The van der Waals surface area contributed by atoms with Gasteiger partial charge in [0.2, 0.25) is 0 Å². The Bertz CT molecular complexity index is 281. The van der Waals surface area contributed by atoms with Gasteiger partial charge in [0.25, 0.3) is 0 Å². The molecule has 2 heteroatoms. The van der Waals surface area contributed by atoms with Crippen LogP contribution in [0.5, 0.6) is 0 Å². The van der Waals surface area contributed by atoms with Crippen molar-refractivity contribution in [2.24, 2.45) is 0 Å². The first-order chi connectivity index (χ1) is 9.29. The van der Waals surface area contributed by atoms with E-state index in [1.165, 1.54) is 44.9 Å². The van der Waals surface area contributed by atoms with Crippen molar-refractivity contribution in [2.45, 2.75) is 83.3 Å². The van der Waals surface area contributed by atoms with Crippen molar-refractivity contribution in [2.75, 3.05) is 13.7 Å². The van der Waals surface area contributed by atoms with Gasteiger partial charge in [-0.15, -0.1) is 11.8 Å². The lowest BCUT2D eigenvalue weighted by Gasteiger charge is -2.40. The monoisotopic (exact) mass is 265 g/mol. The van der Waals surface area contributed by atoms with Crippen molar-refractivity contribution in [1.29, 1.82) is 0 Å². The minimum atomic E-state index is 0.0427. The van der Waals surface area contributed by atoms with Gasteiger partial charge in [-0.1, -0.05) is 32.6 Å². The highest BCUT2D eigenvalue weighted by atomic mass is 16.5. The summed E-state index contributed by atoms with van der Waals surface area (Å²) in [5, 5.41) is 3.72. The summed E-state index contributed by atoms with van der Waals surface area (Å²) in [7, 11) is 1.90. The van der Waals surface area contributed by atoms with E-state index in [1.54, 1.807) is 0 Å². The van der Waals surface area contributed by atoms with Crippen LogP contribution >= 0.6 is 0 Å². The normalized spacial score (nSPS) is 20.2. The highest BCUT2D eigenvalue weighted by molar-refractivity contribution is 5.00. The van der Waals surface area contributed by atoms with Crippen LogP contribution in [0, 0.1) is 11.8 Å². The summed E-state index contributed by atoms with van der Waals surface area (Å²) < 4.78 is 6.04. The van der Waals surface area contributed by atoms with E-state index < -0.39 is 0 Å². The smallest absolute Gasteiger partial charge is 0.0831 e. The molecule has 0 aromatic rings. The lowest BCUT2D eigenvalue weighted by molar-refractivity contribution is -0.0543. The summed E-state index contributed by atoms with van der Waals surface area (Å²) in [6, 6.07) is 0.455. The molecule has 0 heterocycles. The Kier molecular flexibility index (Phi) is 8.18. The first-order valence-corrected chi connectivity index (χ1v) is 7.97. The molecule has 0 spiro atoms. The summed E-state index contributed by atoms with van der Waals surface area (Å²) in [4.78, 5) is 0. The standard InChI is InChI=1S/C17H31NO/c1-4-6-9-12-16(18-15-5-2)17(19-3)13-10-7-8-11-14-17/h16,18H,5,7-15H2,1-3H3. The molecule has 2 nitrogen and oxygen atoms in total. The van der Waals surface area contributed by atoms with Gasteiger partial charge in [0.1, 0.15) is 0 Å². The summed E-state index contributed by atoms with van der Waals surface area (Å²) in [6.45, 7) is 5.23. The van der Waals surface area contributed by atoms with Gasteiger partial charge in [-0.25, -0.2) is 0 Å². The van der Waals surface area contributed by atoms with E-state index in [2.05, 4.69) is 24.1 Å². The van der Waals surface area contributed by atoms with Crippen molar-refractivity contribution < 1.29 is 4.74 Å². The fraction of sp³-hybridized carbons (Fsp3) is 0.882. The van der Waals surface area contributed by atoms with Gasteiger partial charge in [0.05, 0.1) is 5.60 Å². The van der Waals surface area contributed by atoms with Gasteiger partial charge in [-0.2, -0.15) is 0 Å². The molecule has 0 aliphatic heterocycles. The molecule has 1 aliphatic carbocycles. The largest absolute Gasteiger partial charge is 0.377 e. The van der Waals surface area contributed by atoms with Crippen LogP contribution in [0.3, 0.4) is 0 Å². The summed E-state index contributed by atoms with van der Waals surface area (Å²) in [5.74, 6) is 6.21. The van der Waals surface area contributed by atoms with E-state index in [9.17, 15) is 0 Å². The molecule has 0 amide bonds. The maximum atomic E-state index is 6.04. The SMILES string of the molecule is CC#CCCC(NCCC)C1(OC)CCCCCC1. The third-order valence-corrected chi connectivity index (χ3v) is 4.37. The van der Waals surface area contributed by atoms with Gasteiger partial charge < -0.3 is 10.1 Å². The molecule has 1 rings (SSSR count). The van der Waals surface area contributed by atoms with Crippen LogP contribution in [0.15, 0.2) is 0 Å². The molecule has 1 aliphatic rings. The van der Waals surface area contributed by atoms with Gasteiger partial charge in [-0.3, -0.25) is 0 Å². The highest BCUT2D eigenvalue weighted by Crippen LogP contribution is 2.34. The molecule has 19 heavy (non-hydrogen) atoms. The van der Waals surface area contributed by atoms with Crippen LogP contribution in [0.25, 0.3) is 0 Å². The summed E-state index contributed by atoms with van der Waals surface area (Å²) in [6.07, 6.45) is 11.0. The molecule has 0 aromatic carbocycles. The Morgan fingerprint density at radius 1 is 1.21 bits per heavy atom. The van der Waals surface area contributed by atoms with Crippen molar-refractivity contribution in [1.82, 2.24) is 5.32 Å². The maximum Gasteiger partial charge on any atom is 0.0831 e. The number of hydrogen-bond acceptors (Lipinski definition) is 2. The van der Waals surface area contributed by atoms with Crippen molar-refractivity contribution in [3.63, 3.8) is 0 Å². The van der Waals surface area contributed by atoms with Crippen molar-refractivity contribution in [3.05, 3.63) is 0 Å². The Hall–Kier alpha value is -0.520. The Labute approximate surface area is 119 Å². The van der Waals surface area contributed by atoms with Crippen molar-refractivity contribution in [3.8, 4) is 11.8 Å². The second kappa shape index (κ2) is 9.39. The molecular formula is C17H31NO. The second-order valence-electron chi connectivity index (χ2n) is 5.66. The molecular weight excluding hydrogens is 234 g/mol. The zero-order chi connectivity index (χ0) is 14.0. The third kappa shape index (κ3) is 5.16. The van der Waals surface area contributed by atoms with Crippen LogP contribution in [-0.2, 0) is 4.74 Å². The quantitative estimate of drug-likeness (QED) is 0.557. The summed E-state index contributed by atoms with van der Waals surface area (Å²) >= 11 is 0. The Morgan fingerprint density at radius 2 is 1.89 bits per heavy atom.